The quantitative estimate of drug-likeness (QED) is 0.774. The van der Waals surface area contributed by atoms with Crippen LogP contribution in [-0.4, -0.2) is 61.7 Å². The lowest BCUT2D eigenvalue weighted by molar-refractivity contribution is 0.214. The van der Waals surface area contributed by atoms with E-state index in [1.165, 1.54) is 45.3 Å². The fourth-order valence-corrected chi connectivity index (χ4v) is 3.10. The van der Waals surface area contributed by atoms with E-state index in [0.717, 1.165) is 12.1 Å². The van der Waals surface area contributed by atoms with Gasteiger partial charge in [-0.05, 0) is 59.8 Å². The van der Waals surface area contributed by atoms with Crippen molar-refractivity contribution in [1.29, 1.82) is 0 Å². The van der Waals surface area contributed by atoms with Crippen molar-refractivity contribution < 1.29 is 0 Å². The highest BCUT2D eigenvalue weighted by molar-refractivity contribution is 4.91. The summed E-state index contributed by atoms with van der Waals surface area (Å²) in [6, 6.07) is 2.35. The first-order chi connectivity index (χ1) is 7.70. The fraction of sp³-hybridized carbons (Fsp3) is 1.00. The predicted molar refractivity (Wildman–Crippen MR) is 68.8 cm³/mol. The maximum absolute atomic E-state index is 3.33. The second kappa shape index (κ2) is 5.48. The molecule has 0 aromatic heterocycles. The SMILES string of the molecule is CNC(C)CCN1CCC2CCC(C1)N2C. The summed E-state index contributed by atoms with van der Waals surface area (Å²) in [5, 5.41) is 3.33. The molecular formula is C13H27N3. The fourth-order valence-electron chi connectivity index (χ4n) is 3.10. The highest BCUT2D eigenvalue weighted by Gasteiger charge is 2.34. The maximum Gasteiger partial charge on any atom is 0.0223 e. The molecule has 0 amide bonds. The molecule has 0 radical (unpaired) electrons. The van der Waals surface area contributed by atoms with Crippen molar-refractivity contribution in [2.24, 2.45) is 0 Å². The Morgan fingerprint density at radius 2 is 2.00 bits per heavy atom. The van der Waals surface area contributed by atoms with Gasteiger partial charge in [0.05, 0.1) is 0 Å². The number of likely N-dealkylation sites (tertiary alicyclic amines) is 1. The number of hydrogen-bond donors (Lipinski definition) is 1. The van der Waals surface area contributed by atoms with E-state index in [4.69, 9.17) is 0 Å². The van der Waals surface area contributed by atoms with Gasteiger partial charge in [-0.15, -0.1) is 0 Å². The van der Waals surface area contributed by atoms with Crippen molar-refractivity contribution in [2.75, 3.05) is 33.7 Å². The lowest BCUT2D eigenvalue weighted by atomic mass is 10.1. The summed E-state index contributed by atoms with van der Waals surface area (Å²) in [5.74, 6) is 0. The molecule has 2 rings (SSSR count). The Labute approximate surface area is 100 Å². The molecule has 0 spiro atoms. The molecule has 2 fully saturated rings. The van der Waals surface area contributed by atoms with E-state index in [9.17, 15) is 0 Å². The summed E-state index contributed by atoms with van der Waals surface area (Å²) in [6.45, 7) is 6.14. The number of rotatable bonds is 4. The zero-order chi connectivity index (χ0) is 11.5. The first kappa shape index (κ1) is 12.3. The van der Waals surface area contributed by atoms with Gasteiger partial charge in [-0.3, -0.25) is 4.90 Å². The zero-order valence-corrected chi connectivity index (χ0v) is 11.1. The van der Waals surface area contributed by atoms with E-state index in [-0.39, 0.29) is 0 Å². The molecule has 2 heterocycles. The molecule has 2 saturated heterocycles. The lowest BCUT2D eigenvalue weighted by Gasteiger charge is -2.26. The standard InChI is InChI=1S/C13H27N3/c1-11(14-2)6-8-16-9-7-12-4-5-13(10-16)15(12)3/h11-14H,4-10H2,1-3H3. The van der Waals surface area contributed by atoms with Crippen LogP contribution in [0, 0.1) is 0 Å². The molecule has 3 atom stereocenters. The number of nitrogens with zero attached hydrogens (tertiary/aromatic N) is 2. The van der Waals surface area contributed by atoms with Crippen LogP contribution in [0.4, 0.5) is 0 Å². The second-order valence-corrected chi connectivity index (χ2v) is 5.62. The molecule has 94 valence electrons. The van der Waals surface area contributed by atoms with Gasteiger partial charge in [-0.1, -0.05) is 0 Å². The van der Waals surface area contributed by atoms with Crippen molar-refractivity contribution >= 4 is 0 Å². The summed E-state index contributed by atoms with van der Waals surface area (Å²) >= 11 is 0. The maximum atomic E-state index is 3.33. The first-order valence-corrected chi connectivity index (χ1v) is 6.82. The van der Waals surface area contributed by atoms with Crippen molar-refractivity contribution in [2.45, 2.75) is 50.7 Å². The van der Waals surface area contributed by atoms with E-state index in [0.29, 0.717) is 6.04 Å². The highest BCUT2D eigenvalue weighted by atomic mass is 15.3. The smallest absolute Gasteiger partial charge is 0.0223 e. The minimum atomic E-state index is 0.651. The average molecular weight is 225 g/mol. The predicted octanol–water partition coefficient (Wildman–Crippen LogP) is 1.15. The van der Waals surface area contributed by atoms with E-state index in [1.807, 2.05) is 0 Å². The molecule has 0 aliphatic carbocycles. The third-order valence-corrected chi connectivity index (χ3v) is 4.60. The van der Waals surface area contributed by atoms with Gasteiger partial charge in [0.25, 0.3) is 0 Å². The normalized spacial score (nSPS) is 33.9. The molecule has 3 heteroatoms. The molecule has 3 unspecified atom stereocenters. The Morgan fingerprint density at radius 1 is 1.25 bits per heavy atom. The van der Waals surface area contributed by atoms with E-state index < -0.39 is 0 Å². The lowest BCUT2D eigenvalue weighted by Crippen LogP contribution is -2.38. The molecule has 0 aromatic rings. The average Bonchev–Trinajstić information content (AvgIpc) is 2.52. The van der Waals surface area contributed by atoms with Gasteiger partial charge in [-0.2, -0.15) is 0 Å². The molecular weight excluding hydrogens is 198 g/mol. The largest absolute Gasteiger partial charge is 0.317 e. The van der Waals surface area contributed by atoms with Crippen LogP contribution >= 0.6 is 0 Å². The summed E-state index contributed by atoms with van der Waals surface area (Å²) < 4.78 is 0. The molecule has 1 N–H and O–H groups in total. The van der Waals surface area contributed by atoms with Gasteiger partial charge in [0.15, 0.2) is 0 Å². The minimum Gasteiger partial charge on any atom is -0.317 e. The first-order valence-electron chi connectivity index (χ1n) is 6.82. The molecule has 16 heavy (non-hydrogen) atoms. The van der Waals surface area contributed by atoms with Crippen LogP contribution in [0.2, 0.25) is 0 Å². The monoisotopic (exact) mass is 225 g/mol. The van der Waals surface area contributed by atoms with Gasteiger partial charge < -0.3 is 10.2 Å². The Balaban J connectivity index is 1.80. The van der Waals surface area contributed by atoms with Crippen LogP contribution < -0.4 is 5.32 Å². The van der Waals surface area contributed by atoms with Gasteiger partial charge in [-0.25, -0.2) is 0 Å². The van der Waals surface area contributed by atoms with Crippen molar-refractivity contribution in [3.05, 3.63) is 0 Å². The van der Waals surface area contributed by atoms with Crippen molar-refractivity contribution in [3.8, 4) is 0 Å². The van der Waals surface area contributed by atoms with Crippen LogP contribution in [0.15, 0.2) is 0 Å². The van der Waals surface area contributed by atoms with Crippen LogP contribution in [0.25, 0.3) is 0 Å². The Bertz CT molecular complexity index is 219. The Kier molecular flexibility index (Phi) is 4.22. The molecule has 2 aliphatic rings. The van der Waals surface area contributed by atoms with E-state index in [2.05, 4.69) is 36.1 Å². The molecule has 2 bridgehead atoms. The molecule has 0 saturated carbocycles. The number of likely N-dealkylation sites (N-methyl/N-ethyl adjacent to an activating group) is 1. The van der Waals surface area contributed by atoms with Crippen LogP contribution in [0.5, 0.6) is 0 Å². The summed E-state index contributed by atoms with van der Waals surface area (Å²) in [6.07, 6.45) is 5.50. The summed E-state index contributed by atoms with van der Waals surface area (Å²) in [4.78, 5) is 5.30. The summed E-state index contributed by atoms with van der Waals surface area (Å²) in [5.41, 5.74) is 0. The van der Waals surface area contributed by atoms with Gasteiger partial charge in [0, 0.05) is 24.7 Å². The van der Waals surface area contributed by atoms with Gasteiger partial charge in [0.2, 0.25) is 0 Å². The van der Waals surface area contributed by atoms with Crippen molar-refractivity contribution in [1.82, 2.24) is 15.1 Å². The van der Waals surface area contributed by atoms with Gasteiger partial charge in [0.1, 0.15) is 0 Å². The van der Waals surface area contributed by atoms with Crippen LogP contribution in [0.1, 0.15) is 32.6 Å². The molecule has 0 aromatic carbocycles. The third kappa shape index (κ3) is 2.76. The summed E-state index contributed by atoms with van der Waals surface area (Å²) in [7, 11) is 4.38. The van der Waals surface area contributed by atoms with Crippen molar-refractivity contribution in [3.63, 3.8) is 0 Å². The molecule has 2 aliphatic heterocycles. The van der Waals surface area contributed by atoms with E-state index in [1.54, 1.807) is 0 Å². The van der Waals surface area contributed by atoms with Gasteiger partial charge >= 0.3 is 0 Å². The second-order valence-electron chi connectivity index (χ2n) is 5.62. The van der Waals surface area contributed by atoms with E-state index >= 15 is 0 Å². The Morgan fingerprint density at radius 3 is 2.75 bits per heavy atom. The third-order valence-electron chi connectivity index (χ3n) is 4.60. The zero-order valence-electron chi connectivity index (χ0n) is 11.1. The highest BCUT2D eigenvalue weighted by Crippen LogP contribution is 2.28. The topological polar surface area (TPSA) is 18.5 Å². The van der Waals surface area contributed by atoms with Crippen LogP contribution in [0.3, 0.4) is 0 Å². The number of nitrogens with one attached hydrogen (secondary N) is 1. The molecule has 3 nitrogen and oxygen atoms in total. The van der Waals surface area contributed by atoms with Crippen LogP contribution in [-0.2, 0) is 0 Å². The number of fused-ring (bicyclic) bond motifs is 2. The minimum absolute atomic E-state index is 0.651. The number of hydrogen-bond acceptors (Lipinski definition) is 3. The Hall–Kier alpha value is -0.120.